The van der Waals surface area contributed by atoms with E-state index >= 15 is 0 Å². The normalized spacial score (nSPS) is 14.8. The summed E-state index contributed by atoms with van der Waals surface area (Å²) in [7, 11) is 0. The van der Waals surface area contributed by atoms with Gasteiger partial charge in [0, 0.05) is 6.54 Å². The van der Waals surface area contributed by atoms with E-state index in [1.165, 1.54) is 12.1 Å². The summed E-state index contributed by atoms with van der Waals surface area (Å²) in [5.41, 5.74) is 3.76. The van der Waals surface area contributed by atoms with Crippen molar-refractivity contribution in [3.8, 4) is 0 Å². The number of hydrogen-bond acceptors (Lipinski definition) is 3. The average Bonchev–Trinajstić information content (AvgIpc) is 3.24. The highest BCUT2D eigenvalue weighted by Gasteiger charge is 2.15. The second-order valence-electron chi connectivity index (χ2n) is 5.34. The lowest BCUT2D eigenvalue weighted by atomic mass is 10.1. The summed E-state index contributed by atoms with van der Waals surface area (Å²) in [6.07, 6.45) is 3.78. The van der Waals surface area contributed by atoms with E-state index < -0.39 is 0 Å². The number of nitrogens with one attached hydrogen (secondary N) is 1. The number of para-hydroxylation sites is 2. The molecule has 0 saturated carbocycles. The number of fused-ring (bicyclic) bond motifs is 1. The van der Waals surface area contributed by atoms with Crippen LogP contribution < -0.4 is 5.32 Å². The van der Waals surface area contributed by atoms with E-state index in [0.29, 0.717) is 0 Å². The predicted molar refractivity (Wildman–Crippen MR) is 90.6 cm³/mol. The Hall–Kier alpha value is -2.95. The van der Waals surface area contributed by atoms with Crippen molar-refractivity contribution in [3.63, 3.8) is 0 Å². The van der Waals surface area contributed by atoms with Crippen LogP contribution in [0.1, 0.15) is 5.56 Å². The van der Waals surface area contributed by atoms with E-state index in [0.717, 1.165) is 41.2 Å². The standard InChI is InChI=1S/C18H15FN4/c19-14-7-5-13(6-8-14)11-17(18-20-9-10-21-18)23-12-22-15-3-1-2-4-16(15)23/h1-8,11-12H,9-10H2,(H,20,21)/b17-11-. The van der Waals surface area contributed by atoms with Crippen molar-refractivity contribution in [2.75, 3.05) is 13.1 Å². The van der Waals surface area contributed by atoms with Gasteiger partial charge in [-0.25, -0.2) is 9.37 Å². The molecule has 4 nitrogen and oxygen atoms in total. The Kier molecular flexibility index (Phi) is 3.38. The number of nitrogens with zero attached hydrogens (tertiary/aromatic N) is 3. The molecule has 1 aliphatic rings. The average molecular weight is 306 g/mol. The zero-order valence-corrected chi connectivity index (χ0v) is 12.4. The van der Waals surface area contributed by atoms with Gasteiger partial charge in [0.15, 0.2) is 0 Å². The van der Waals surface area contributed by atoms with Gasteiger partial charge < -0.3 is 5.32 Å². The molecule has 0 unspecified atom stereocenters. The quantitative estimate of drug-likeness (QED) is 0.807. The van der Waals surface area contributed by atoms with Gasteiger partial charge in [-0.05, 0) is 35.9 Å². The number of aliphatic imine (C=N–C) groups is 1. The van der Waals surface area contributed by atoms with Gasteiger partial charge in [0.2, 0.25) is 0 Å². The molecule has 5 heteroatoms. The third-order valence-electron chi connectivity index (χ3n) is 3.80. The molecular weight excluding hydrogens is 291 g/mol. The maximum atomic E-state index is 13.1. The van der Waals surface area contributed by atoms with E-state index in [-0.39, 0.29) is 5.82 Å². The van der Waals surface area contributed by atoms with Crippen molar-refractivity contribution < 1.29 is 4.39 Å². The van der Waals surface area contributed by atoms with Gasteiger partial charge >= 0.3 is 0 Å². The third-order valence-corrected chi connectivity index (χ3v) is 3.80. The number of benzene rings is 2. The van der Waals surface area contributed by atoms with Crippen LogP contribution in [0, 0.1) is 5.82 Å². The monoisotopic (exact) mass is 306 g/mol. The molecule has 0 atom stereocenters. The number of imidazole rings is 1. The minimum Gasteiger partial charge on any atom is -0.367 e. The Labute approximate surface area is 133 Å². The molecule has 0 fully saturated rings. The largest absolute Gasteiger partial charge is 0.367 e. The molecule has 23 heavy (non-hydrogen) atoms. The SMILES string of the molecule is Fc1ccc(/C=C(/C2=NCCN2)n2cnc3ccccc32)cc1. The zero-order valence-electron chi connectivity index (χ0n) is 12.4. The number of aromatic nitrogens is 2. The molecule has 1 N–H and O–H groups in total. The number of halogens is 1. The summed E-state index contributed by atoms with van der Waals surface area (Å²) in [5.74, 6) is 0.589. The summed E-state index contributed by atoms with van der Waals surface area (Å²) < 4.78 is 15.1. The molecule has 0 spiro atoms. The van der Waals surface area contributed by atoms with Gasteiger partial charge in [-0.1, -0.05) is 24.3 Å². The maximum Gasteiger partial charge on any atom is 0.145 e. The molecule has 0 radical (unpaired) electrons. The summed E-state index contributed by atoms with van der Waals surface area (Å²) in [4.78, 5) is 8.97. The third kappa shape index (κ3) is 2.61. The molecule has 0 saturated heterocycles. The molecule has 114 valence electrons. The molecule has 3 aromatic rings. The second kappa shape index (κ2) is 5.68. The summed E-state index contributed by atoms with van der Waals surface area (Å²) in [5, 5.41) is 3.30. The highest BCUT2D eigenvalue weighted by molar-refractivity contribution is 6.23. The highest BCUT2D eigenvalue weighted by atomic mass is 19.1. The summed E-state index contributed by atoms with van der Waals surface area (Å²) in [6, 6.07) is 14.4. The minimum absolute atomic E-state index is 0.242. The van der Waals surface area contributed by atoms with Crippen molar-refractivity contribution in [3.05, 3.63) is 66.2 Å². The Morgan fingerprint density at radius 3 is 2.74 bits per heavy atom. The van der Waals surface area contributed by atoms with Crippen LogP contribution >= 0.6 is 0 Å². The Morgan fingerprint density at radius 2 is 1.96 bits per heavy atom. The van der Waals surface area contributed by atoms with Crippen LogP contribution in [-0.2, 0) is 0 Å². The first-order chi connectivity index (χ1) is 11.3. The smallest absolute Gasteiger partial charge is 0.145 e. The van der Waals surface area contributed by atoms with Crippen LogP contribution in [0.25, 0.3) is 22.8 Å². The maximum absolute atomic E-state index is 13.1. The summed E-state index contributed by atoms with van der Waals surface area (Å²) >= 11 is 0. The van der Waals surface area contributed by atoms with Crippen molar-refractivity contribution in [1.29, 1.82) is 0 Å². The van der Waals surface area contributed by atoms with E-state index in [1.807, 2.05) is 34.9 Å². The lowest BCUT2D eigenvalue weighted by Gasteiger charge is -2.11. The molecule has 2 heterocycles. The highest BCUT2D eigenvalue weighted by Crippen LogP contribution is 2.21. The van der Waals surface area contributed by atoms with Crippen molar-refractivity contribution in [2.24, 2.45) is 4.99 Å². The van der Waals surface area contributed by atoms with E-state index in [1.54, 1.807) is 18.5 Å². The number of hydrogen-bond donors (Lipinski definition) is 1. The fourth-order valence-electron chi connectivity index (χ4n) is 2.69. The molecule has 1 aliphatic heterocycles. The Morgan fingerprint density at radius 1 is 1.13 bits per heavy atom. The van der Waals surface area contributed by atoms with Crippen molar-refractivity contribution in [2.45, 2.75) is 0 Å². The van der Waals surface area contributed by atoms with Crippen LogP contribution in [-0.4, -0.2) is 28.5 Å². The molecule has 2 aromatic carbocycles. The van der Waals surface area contributed by atoms with Crippen molar-refractivity contribution in [1.82, 2.24) is 14.9 Å². The lowest BCUT2D eigenvalue weighted by Crippen LogP contribution is -2.22. The van der Waals surface area contributed by atoms with Crippen LogP contribution in [0.3, 0.4) is 0 Å². The van der Waals surface area contributed by atoms with Gasteiger partial charge in [-0.2, -0.15) is 0 Å². The van der Waals surface area contributed by atoms with Gasteiger partial charge in [0.1, 0.15) is 18.0 Å². The van der Waals surface area contributed by atoms with Crippen LogP contribution in [0.2, 0.25) is 0 Å². The molecule has 0 amide bonds. The van der Waals surface area contributed by atoms with E-state index in [9.17, 15) is 4.39 Å². The molecular formula is C18H15FN4. The number of rotatable bonds is 3. The van der Waals surface area contributed by atoms with Gasteiger partial charge in [-0.3, -0.25) is 9.56 Å². The zero-order chi connectivity index (χ0) is 15.6. The fraction of sp³-hybridized carbons (Fsp3) is 0.111. The minimum atomic E-state index is -0.242. The lowest BCUT2D eigenvalue weighted by molar-refractivity contribution is 0.628. The topological polar surface area (TPSA) is 42.2 Å². The first-order valence-electron chi connectivity index (χ1n) is 7.50. The van der Waals surface area contributed by atoms with Crippen LogP contribution in [0.15, 0.2) is 59.9 Å². The second-order valence-corrected chi connectivity index (χ2v) is 5.34. The first-order valence-corrected chi connectivity index (χ1v) is 7.50. The summed E-state index contributed by atoms with van der Waals surface area (Å²) in [6.45, 7) is 1.57. The molecule has 0 bridgehead atoms. The van der Waals surface area contributed by atoms with Gasteiger partial charge in [0.25, 0.3) is 0 Å². The predicted octanol–water partition coefficient (Wildman–Crippen LogP) is 3.18. The first kappa shape index (κ1) is 13.7. The molecule has 4 rings (SSSR count). The van der Waals surface area contributed by atoms with Crippen LogP contribution in [0.5, 0.6) is 0 Å². The van der Waals surface area contributed by atoms with E-state index in [2.05, 4.69) is 15.3 Å². The van der Waals surface area contributed by atoms with Gasteiger partial charge in [0.05, 0.1) is 23.3 Å². The number of amidine groups is 1. The Balaban J connectivity index is 1.87. The Bertz CT molecular complexity index is 906. The molecule has 0 aliphatic carbocycles. The fourth-order valence-corrected chi connectivity index (χ4v) is 2.69. The molecule has 1 aromatic heterocycles. The van der Waals surface area contributed by atoms with Crippen molar-refractivity contribution >= 4 is 28.6 Å². The van der Waals surface area contributed by atoms with Gasteiger partial charge in [-0.15, -0.1) is 0 Å². The van der Waals surface area contributed by atoms with E-state index in [4.69, 9.17) is 0 Å². The van der Waals surface area contributed by atoms with Crippen LogP contribution in [0.4, 0.5) is 4.39 Å².